The van der Waals surface area contributed by atoms with Gasteiger partial charge in [0.15, 0.2) is 0 Å². The van der Waals surface area contributed by atoms with Crippen LogP contribution in [0.5, 0.6) is 0 Å². The monoisotopic (exact) mass is 360 g/mol. The lowest BCUT2D eigenvalue weighted by Crippen LogP contribution is -1.93. The molecule has 1 unspecified atom stereocenters. The van der Waals surface area contributed by atoms with Crippen molar-refractivity contribution in [1.29, 1.82) is 0 Å². The van der Waals surface area contributed by atoms with Crippen molar-refractivity contribution in [2.45, 2.75) is 57.5 Å². The lowest BCUT2D eigenvalue weighted by molar-refractivity contribution is 0.667. The van der Waals surface area contributed by atoms with Crippen LogP contribution in [0, 0.1) is 6.92 Å². The van der Waals surface area contributed by atoms with E-state index in [2.05, 4.69) is 62.4 Å². The van der Waals surface area contributed by atoms with Crippen LogP contribution < -0.4 is 0 Å². The van der Waals surface area contributed by atoms with Gasteiger partial charge in [0.1, 0.15) is 0 Å². The summed E-state index contributed by atoms with van der Waals surface area (Å²) in [6.07, 6.45) is 6.36. The molecule has 0 aliphatic carbocycles. The van der Waals surface area contributed by atoms with Gasteiger partial charge >= 0.3 is 0 Å². The van der Waals surface area contributed by atoms with E-state index in [0.29, 0.717) is 5.75 Å². The predicted octanol–water partition coefficient (Wildman–Crippen LogP) is 6.21. The Morgan fingerprint density at radius 2 is 1.46 bits per heavy atom. The molecule has 1 atom stereocenters. The lowest BCUT2D eigenvalue weighted by Gasteiger charge is -2.05. The molecule has 0 heterocycles. The fraction of sp³-hybridized carbons (Fsp3) is 0.429. The average Bonchev–Trinajstić information content (AvgIpc) is 2.60. The number of aryl methyl sites for hydroxylation is 2. The van der Waals surface area contributed by atoms with E-state index in [9.17, 15) is 4.21 Å². The standard InChI is InChI=1S/C21H28OS2/c1-3-4-5-6-7-19-12-14-21(15-13-19)17-24(22)23-16-20-10-8-18(2)9-11-20/h8-15H,3-7,16-17H2,1-2H3. The third kappa shape index (κ3) is 7.23. The molecule has 0 saturated carbocycles. The summed E-state index contributed by atoms with van der Waals surface area (Å²) >= 11 is 0. The van der Waals surface area contributed by atoms with Gasteiger partial charge in [-0.05, 0) is 36.5 Å². The zero-order valence-corrected chi connectivity index (χ0v) is 16.4. The maximum Gasteiger partial charge on any atom is 0.0851 e. The lowest BCUT2D eigenvalue weighted by atomic mass is 10.1. The Morgan fingerprint density at radius 1 is 0.833 bits per heavy atom. The molecule has 0 spiro atoms. The summed E-state index contributed by atoms with van der Waals surface area (Å²) in [6.45, 7) is 4.33. The van der Waals surface area contributed by atoms with E-state index in [1.165, 1.54) is 58.7 Å². The summed E-state index contributed by atoms with van der Waals surface area (Å²) in [6, 6.07) is 17.1. The first kappa shape index (κ1) is 19.3. The van der Waals surface area contributed by atoms with Gasteiger partial charge in [-0.25, -0.2) is 4.21 Å². The first-order chi connectivity index (χ1) is 11.7. The number of unbranched alkanes of at least 4 members (excludes halogenated alkanes) is 3. The fourth-order valence-electron chi connectivity index (χ4n) is 2.55. The van der Waals surface area contributed by atoms with Crippen molar-refractivity contribution in [2.24, 2.45) is 0 Å². The summed E-state index contributed by atoms with van der Waals surface area (Å²) in [5.74, 6) is 1.44. The highest BCUT2D eigenvalue weighted by Crippen LogP contribution is 2.20. The smallest absolute Gasteiger partial charge is 0.0851 e. The molecule has 0 N–H and O–H groups in total. The molecule has 0 radical (unpaired) electrons. The second-order valence-electron chi connectivity index (χ2n) is 6.32. The Balaban J connectivity index is 1.74. The van der Waals surface area contributed by atoms with E-state index in [-0.39, 0.29) is 0 Å². The molecule has 0 aliphatic heterocycles. The summed E-state index contributed by atoms with van der Waals surface area (Å²) in [5, 5.41) is 0. The third-order valence-electron chi connectivity index (χ3n) is 4.10. The summed E-state index contributed by atoms with van der Waals surface area (Å²) in [7, 11) is 0.651. The zero-order chi connectivity index (χ0) is 17.2. The van der Waals surface area contributed by atoms with Crippen LogP contribution in [0.1, 0.15) is 54.9 Å². The van der Waals surface area contributed by atoms with Gasteiger partial charge in [-0.2, -0.15) is 0 Å². The van der Waals surface area contributed by atoms with Crippen molar-refractivity contribution in [2.75, 3.05) is 0 Å². The normalized spacial score (nSPS) is 12.2. The number of hydrogen-bond donors (Lipinski definition) is 0. The van der Waals surface area contributed by atoms with Crippen molar-refractivity contribution in [1.82, 2.24) is 0 Å². The first-order valence-corrected chi connectivity index (χ1v) is 11.6. The van der Waals surface area contributed by atoms with Crippen molar-refractivity contribution in [3.63, 3.8) is 0 Å². The molecule has 0 aromatic heterocycles. The van der Waals surface area contributed by atoms with Crippen LogP contribution >= 0.6 is 10.8 Å². The molecule has 2 aromatic rings. The van der Waals surface area contributed by atoms with Crippen molar-refractivity contribution in [3.05, 3.63) is 70.8 Å². The van der Waals surface area contributed by atoms with Gasteiger partial charge in [-0.15, -0.1) is 0 Å². The molecule has 2 rings (SSSR count). The van der Waals surface area contributed by atoms with Crippen LogP contribution in [-0.4, -0.2) is 4.21 Å². The number of benzene rings is 2. The molecule has 3 heteroatoms. The van der Waals surface area contributed by atoms with Crippen LogP contribution in [0.2, 0.25) is 0 Å². The average molecular weight is 361 g/mol. The highest BCUT2D eigenvalue weighted by molar-refractivity contribution is 8.68. The molecular formula is C21H28OS2. The molecule has 1 nitrogen and oxygen atoms in total. The third-order valence-corrected chi connectivity index (χ3v) is 6.88. The second kappa shape index (κ2) is 10.7. The first-order valence-electron chi connectivity index (χ1n) is 8.82. The Hall–Kier alpha value is -1.06. The van der Waals surface area contributed by atoms with E-state index in [1.807, 2.05) is 0 Å². The maximum absolute atomic E-state index is 12.3. The highest BCUT2D eigenvalue weighted by atomic mass is 33.1. The van der Waals surface area contributed by atoms with E-state index >= 15 is 0 Å². The quantitative estimate of drug-likeness (QED) is 0.370. The van der Waals surface area contributed by atoms with Crippen LogP contribution in [0.3, 0.4) is 0 Å². The minimum absolute atomic E-state index is 0.632. The van der Waals surface area contributed by atoms with Gasteiger partial charge in [-0.3, -0.25) is 0 Å². The molecule has 24 heavy (non-hydrogen) atoms. The summed E-state index contributed by atoms with van der Waals surface area (Å²) in [4.78, 5) is 0. The number of rotatable bonds is 10. The van der Waals surface area contributed by atoms with E-state index in [4.69, 9.17) is 0 Å². The van der Waals surface area contributed by atoms with Crippen LogP contribution in [0.15, 0.2) is 48.5 Å². The van der Waals surface area contributed by atoms with E-state index in [1.54, 1.807) is 0 Å². The van der Waals surface area contributed by atoms with Gasteiger partial charge in [0, 0.05) is 5.75 Å². The zero-order valence-electron chi connectivity index (χ0n) is 14.8. The van der Waals surface area contributed by atoms with Crippen LogP contribution in [0.25, 0.3) is 0 Å². The summed E-state index contributed by atoms with van der Waals surface area (Å²) in [5.41, 5.74) is 5.07. The fourth-order valence-corrected chi connectivity index (χ4v) is 5.02. The number of hydrogen-bond acceptors (Lipinski definition) is 2. The Bertz CT molecular complexity index is 617. The molecule has 0 fully saturated rings. The SMILES string of the molecule is CCCCCCc1ccc(CS(=O)SCc2ccc(C)cc2)cc1. The maximum atomic E-state index is 12.3. The van der Waals surface area contributed by atoms with Gasteiger partial charge in [0.2, 0.25) is 0 Å². The van der Waals surface area contributed by atoms with Gasteiger partial charge in [0.25, 0.3) is 0 Å². The molecule has 0 saturated heterocycles. The molecule has 0 amide bonds. The molecule has 0 aliphatic rings. The van der Waals surface area contributed by atoms with Gasteiger partial charge < -0.3 is 0 Å². The van der Waals surface area contributed by atoms with Crippen LogP contribution in [-0.2, 0) is 27.8 Å². The van der Waals surface area contributed by atoms with Crippen molar-refractivity contribution >= 4 is 20.6 Å². The topological polar surface area (TPSA) is 17.1 Å². The Morgan fingerprint density at radius 3 is 2.12 bits per heavy atom. The summed E-state index contributed by atoms with van der Waals surface area (Å²) < 4.78 is 12.3. The Labute approximate surface area is 153 Å². The largest absolute Gasteiger partial charge is 0.248 e. The molecule has 130 valence electrons. The predicted molar refractivity (Wildman–Crippen MR) is 109 cm³/mol. The van der Waals surface area contributed by atoms with Crippen LogP contribution in [0.4, 0.5) is 0 Å². The molecule has 2 aromatic carbocycles. The van der Waals surface area contributed by atoms with E-state index in [0.717, 1.165) is 12.2 Å². The minimum Gasteiger partial charge on any atom is -0.248 e. The second-order valence-corrected chi connectivity index (χ2v) is 9.57. The van der Waals surface area contributed by atoms with E-state index < -0.39 is 9.83 Å². The Kier molecular flexibility index (Phi) is 8.62. The highest BCUT2D eigenvalue weighted by Gasteiger charge is 2.04. The molecule has 0 bridgehead atoms. The van der Waals surface area contributed by atoms with Gasteiger partial charge in [0.05, 0.1) is 15.6 Å². The minimum atomic E-state index is -0.875. The van der Waals surface area contributed by atoms with Crippen molar-refractivity contribution in [3.8, 4) is 0 Å². The molecular weight excluding hydrogens is 332 g/mol. The van der Waals surface area contributed by atoms with Gasteiger partial charge in [-0.1, -0.05) is 91.1 Å². The van der Waals surface area contributed by atoms with Crippen molar-refractivity contribution < 1.29 is 4.21 Å².